The molecule has 0 amide bonds. The standard InChI is InChI=1S/C14H26N4O3/c1-5-6-7-18-12(15)11(13(20)17(4)14(18)21)16-10(8-19)9(2)3/h9-10,16,19H,5-8,15H2,1-4H3/t10-/m1/s1. The summed E-state index contributed by atoms with van der Waals surface area (Å²) in [6, 6.07) is -0.294. The minimum atomic E-state index is -0.468. The van der Waals surface area contributed by atoms with Crippen LogP contribution in [0.3, 0.4) is 0 Å². The van der Waals surface area contributed by atoms with E-state index < -0.39 is 11.2 Å². The first kappa shape index (κ1) is 17.3. The molecular weight excluding hydrogens is 272 g/mol. The number of nitrogens with two attached hydrogens (primary N) is 1. The Morgan fingerprint density at radius 2 is 1.95 bits per heavy atom. The summed E-state index contributed by atoms with van der Waals surface area (Å²) < 4.78 is 2.45. The third-order valence-corrected chi connectivity index (χ3v) is 3.65. The van der Waals surface area contributed by atoms with Crippen molar-refractivity contribution >= 4 is 11.5 Å². The van der Waals surface area contributed by atoms with Crippen LogP contribution in [-0.2, 0) is 13.6 Å². The molecule has 21 heavy (non-hydrogen) atoms. The molecule has 0 radical (unpaired) electrons. The molecule has 1 heterocycles. The van der Waals surface area contributed by atoms with E-state index in [4.69, 9.17) is 5.73 Å². The van der Waals surface area contributed by atoms with Gasteiger partial charge in [-0.1, -0.05) is 27.2 Å². The molecule has 0 aromatic carbocycles. The van der Waals surface area contributed by atoms with Crippen molar-refractivity contribution in [3.63, 3.8) is 0 Å². The molecule has 0 aliphatic rings. The van der Waals surface area contributed by atoms with Gasteiger partial charge in [0.25, 0.3) is 5.56 Å². The fourth-order valence-electron chi connectivity index (χ4n) is 2.06. The predicted molar refractivity (Wildman–Crippen MR) is 84.6 cm³/mol. The second kappa shape index (κ2) is 7.31. The van der Waals surface area contributed by atoms with Crippen LogP contribution in [0.1, 0.15) is 33.6 Å². The molecule has 1 atom stereocenters. The van der Waals surface area contributed by atoms with Crippen LogP contribution in [0.2, 0.25) is 0 Å². The Morgan fingerprint density at radius 1 is 1.33 bits per heavy atom. The van der Waals surface area contributed by atoms with Gasteiger partial charge in [-0.2, -0.15) is 0 Å². The molecule has 0 fully saturated rings. The summed E-state index contributed by atoms with van der Waals surface area (Å²) in [5, 5.41) is 12.4. The highest BCUT2D eigenvalue weighted by Gasteiger charge is 2.19. The maximum Gasteiger partial charge on any atom is 0.332 e. The van der Waals surface area contributed by atoms with E-state index in [9.17, 15) is 14.7 Å². The van der Waals surface area contributed by atoms with Gasteiger partial charge in [0.15, 0.2) is 0 Å². The average Bonchev–Trinajstić information content (AvgIpc) is 2.45. The summed E-state index contributed by atoms with van der Waals surface area (Å²) in [6.07, 6.45) is 1.72. The van der Waals surface area contributed by atoms with E-state index in [-0.39, 0.29) is 30.1 Å². The third kappa shape index (κ3) is 3.66. The van der Waals surface area contributed by atoms with Crippen LogP contribution in [0, 0.1) is 5.92 Å². The van der Waals surface area contributed by atoms with Gasteiger partial charge in [0, 0.05) is 13.6 Å². The van der Waals surface area contributed by atoms with Gasteiger partial charge in [0.1, 0.15) is 11.5 Å². The Labute approximate surface area is 124 Å². The summed E-state index contributed by atoms with van der Waals surface area (Å²) in [5.41, 5.74) is 5.30. The first-order valence-corrected chi connectivity index (χ1v) is 7.31. The van der Waals surface area contributed by atoms with Crippen molar-refractivity contribution in [2.75, 3.05) is 17.7 Å². The number of rotatable bonds is 7. The zero-order chi connectivity index (χ0) is 16.2. The van der Waals surface area contributed by atoms with Gasteiger partial charge in [0.05, 0.1) is 12.6 Å². The topological polar surface area (TPSA) is 102 Å². The van der Waals surface area contributed by atoms with Gasteiger partial charge < -0.3 is 16.2 Å². The van der Waals surface area contributed by atoms with Crippen LogP contribution in [0.25, 0.3) is 0 Å². The van der Waals surface area contributed by atoms with Crippen LogP contribution < -0.4 is 22.3 Å². The molecule has 0 spiro atoms. The van der Waals surface area contributed by atoms with Crippen LogP contribution in [-0.4, -0.2) is 26.9 Å². The number of nitrogens with zero attached hydrogens (tertiary/aromatic N) is 2. The third-order valence-electron chi connectivity index (χ3n) is 3.65. The van der Waals surface area contributed by atoms with Gasteiger partial charge >= 0.3 is 5.69 Å². The molecule has 0 bridgehead atoms. The van der Waals surface area contributed by atoms with Crippen LogP contribution >= 0.6 is 0 Å². The normalized spacial score (nSPS) is 12.7. The van der Waals surface area contributed by atoms with E-state index in [0.717, 1.165) is 17.4 Å². The molecule has 0 saturated heterocycles. The summed E-state index contributed by atoms with van der Waals surface area (Å²) in [4.78, 5) is 24.4. The smallest absolute Gasteiger partial charge is 0.332 e. The lowest BCUT2D eigenvalue weighted by Crippen LogP contribution is -2.43. The Hall–Kier alpha value is -1.76. The van der Waals surface area contributed by atoms with Crippen molar-refractivity contribution in [2.24, 2.45) is 13.0 Å². The molecule has 0 aliphatic heterocycles. The van der Waals surface area contributed by atoms with Crippen molar-refractivity contribution in [3.05, 3.63) is 20.8 Å². The molecule has 0 unspecified atom stereocenters. The van der Waals surface area contributed by atoms with Gasteiger partial charge in [-0.25, -0.2) is 4.79 Å². The molecular formula is C14H26N4O3. The highest BCUT2D eigenvalue weighted by molar-refractivity contribution is 5.61. The molecule has 4 N–H and O–H groups in total. The second-order valence-electron chi connectivity index (χ2n) is 5.59. The number of anilines is 2. The Morgan fingerprint density at radius 3 is 2.43 bits per heavy atom. The van der Waals surface area contributed by atoms with Gasteiger partial charge in [-0.05, 0) is 12.3 Å². The highest BCUT2D eigenvalue weighted by Crippen LogP contribution is 2.15. The number of aliphatic hydroxyl groups is 1. The number of nitrogens with one attached hydrogen (secondary N) is 1. The maximum absolute atomic E-state index is 12.2. The van der Waals surface area contributed by atoms with Gasteiger partial charge in [-0.15, -0.1) is 0 Å². The zero-order valence-corrected chi connectivity index (χ0v) is 13.2. The number of hydrogen-bond acceptors (Lipinski definition) is 5. The highest BCUT2D eigenvalue weighted by atomic mass is 16.3. The molecule has 1 aromatic heterocycles. The molecule has 1 rings (SSSR count). The largest absolute Gasteiger partial charge is 0.394 e. The molecule has 7 nitrogen and oxygen atoms in total. The summed E-state index contributed by atoms with van der Waals surface area (Å²) >= 11 is 0. The van der Waals surface area contributed by atoms with E-state index in [1.165, 1.54) is 11.6 Å². The zero-order valence-electron chi connectivity index (χ0n) is 13.2. The minimum absolute atomic E-state index is 0.117. The van der Waals surface area contributed by atoms with E-state index in [1.807, 2.05) is 20.8 Å². The van der Waals surface area contributed by atoms with Gasteiger partial charge in [-0.3, -0.25) is 13.9 Å². The van der Waals surface area contributed by atoms with Crippen molar-refractivity contribution in [1.82, 2.24) is 9.13 Å². The lowest BCUT2D eigenvalue weighted by Gasteiger charge is -2.23. The fraction of sp³-hybridized carbons (Fsp3) is 0.714. The average molecular weight is 298 g/mol. The molecule has 7 heteroatoms. The molecule has 0 aliphatic carbocycles. The van der Waals surface area contributed by atoms with Crippen LogP contribution in [0.15, 0.2) is 9.59 Å². The number of aromatic nitrogens is 2. The van der Waals surface area contributed by atoms with Crippen molar-refractivity contribution < 1.29 is 5.11 Å². The van der Waals surface area contributed by atoms with Crippen LogP contribution in [0.5, 0.6) is 0 Å². The maximum atomic E-state index is 12.2. The SMILES string of the molecule is CCCCn1c(N)c(N[C@H](CO)C(C)C)c(=O)n(C)c1=O. The van der Waals surface area contributed by atoms with Crippen molar-refractivity contribution in [1.29, 1.82) is 0 Å². The van der Waals surface area contributed by atoms with E-state index in [2.05, 4.69) is 5.32 Å². The minimum Gasteiger partial charge on any atom is -0.394 e. The first-order valence-electron chi connectivity index (χ1n) is 7.31. The van der Waals surface area contributed by atoms with Gasteiger partial charge in [0.2, 0.25) is 0 Å². The predicted octanol–water partition coefficient (Wildman–Crippen LogP) is 0.358. The summed E-state index contributed by atoms with van der Waals surface area (Å²) in [5.74, 6) is 0.255. The van der Waals surface area contributed by atoms with Crippen molar-refractivity contribution in [2.45, 2.75) is 46.2 Å². The number of nitrogen functional groups attached to an aromatic ring is 1. The monoisotopic (exact) mass is 298 g/mol. The van der Waals surface area contributed by atoms with E-state index >= 15 is 0 Å². The van der Waals surface area contributed by atoms with E-state index in [0.29, 0.717) is 6.54 Å². The van der Waals surface area contributed by atoms with Crippen LogP contribution in [0.4, 0.5) is 11.5 Å². The quantitative estimate of drug-likeness (QED) is 0.674. The number of aliphatic hydroxyl groups excluding tert-OH is 1. The molecule has 0 saturated carbocycles. The summed E-state index contributed by atoms with van der Waals surface area (Å²) in [7, 11) is 1.43. The molecule has 120 valence electrons. The first-order chi connectivity index (χ1) is 9.84. The number of unbranched alkanes of at least 4 members (excludes halogenated alkanes) is 1. The molecule has 1 aromatic rings. The lowest BCUT2D eigenvalue weighted by molar-refractivity contribution is 0.249. The number of hydrogen-bond donors (Lipinski definition) is 3. The summed E-state index contributed by atoms with van der Waals surface area (Å²) in [6.45, 7) is 6.23. The second-order valence-corrected chi connectivity index (χ2v) is 5.59. The Bertz CT molecular complexity index is 589. The Balaban J connectivity index is 3.35. The fourth-order valence-corrected chi connectivity index (χ4v) is 2.06. The van der Waals surface area contributed by atoms with E-state index in [1.54, 1.807) is 0 Å². The lowest BCUT2D eigenvalue weighted by atomic mass is 10.1. The Kier molecular flexibility index (Phi) is 6.02. The van der Waals surface area contributed by atoms with Crippen molar-refractivity contribution in [3.8, 4) is 0 Å².